The number of hydrogen-bond acceptors (Lipinski definition) is 4. The van der Waals surface area contributed by atoms with Crippen LogP contribution in [-0.2, 0) is 19.4 Å². The molecule has 0 saturated heterocycles. The first kappa shape index (κ1) is 18.9. The van der Waals surface area contributed by atoms with Crippen molar-refractivity contribution in [2.45, 2.75) is 23.0 Å². The molecule has 0 bridgehead atoms. The fraction of sp³-hybridized carbons (Fsp3) is 0.316. The van der Waals surface area contributed by atoms with Gasteiger partial charge in [-0.25, -0.2) is 8.42 Å². The fourth-order valence-electron chi connectivity index (χ4n) is 3.60. The van der Waals surface area contributed by atoms with Crippen LogP contribution in [0, 0.1) is 12.3 Å². The van der Waals surface area contributed by atoms with Gasteiger partial charge in [0.25, 0.3) is 0 Å². The number of halogens is 1. The van der Waals surface area contributed by atoms with Gasteiger partial charge in [0.05, 0.1) is 16.8 Å². The lowest BCUT2D eigenvalue weighted by atomic mass is 9.99. The summed E-state index contributed by atoms with van der Waals surface area (Å²) in [6, 6.07) is 13.0. The number of sulfone groups is 1. The third-order valence-electron chi connectivity index (χ3n) is 4.95. The van der Waals surface area contributed by atoms with Crippen LogP contribution in [0.25, 0.3) is 0 Å². The Morgan fingerprint density at radius 1 is 1.15 bits per heavy atom. The van der Waals surface area contributed by atoms with Crippen molar-refractivity contribution in [2.24, 2.45) is 5.41 Å². The van der Waals surface area contributed by atoms with Crippen molar-refractivity contribution in [2.75, 3.05) is 13.7 Å². The summed E-state index contributed by atoms with van der Waals surface area (Å²) in [4.78, 5) is 12.2. The van der Waals surface area contributed by atoms with Crippen LogP contribution in [0.1, 0.15) is 17.0 Å². The lowest BCUT2D eigenvalue weighted by Crippen LogP contribution is -2.28. The first-order valence-electron chi connectivity index (χ1n) is 8.03. The van der Waals surface area contributed by atoms with E-state index in [0.717, 1.165) is 5.56 Å². The molecule has 0 amide bonds. The molecule has 0 heterocycles. The molecule has 0 aliphatic heterocycles. The smallest absolute Gasteiger partial charge is 0.314 e. The van der Waals surface area contributed by atoms with Gasteiger partial charge in [-0.1, -0.05) is 41.4 Å². The van der Waals surface area contributed by atoms with Crippen LogP contribution in [0.3, 0.4) is 0 Å². The van der Waals surface area contributed by atoms with Crippen molar-refractivity contribution >= 4 is 27.4 Å². The van der Waals surface area contributed by atoms with E-state index in [1.165, 1.54) is 31.4 Å². The van der Waals surface area contributed by atoms with Gasteiger partial charge in [-0.2, -0.15) is 0 Å². The molecule has 3 rings (SSSR count). The second-order valence-electron chi connectivity index (χ2n) is 6.59. The number of carbonyl (C=O) groups is 1. The lowest BCUT2D eigenvalue weighted by Gasteiger charge is -2.12. The van der Waals surface area contributed by atoms with E-state index in [4.69, 9.17) is 16.3 Å². The fourth-order valence-corrected chi connectivity index (χ4v) is 6.09. The maximum atomic E-state index is 13.2. The first-order valence-corrected chi connectivity index (χ1v) is 9.96. The van der Waals surface area contributed by atoms with Crippen LogP contribution in [-0.4, -0.2) is 38.5 Å². The molecule has 1 aliphatic carbocycles. The van der Waals surface area contributed by atoms with Gasteiger partial charge < -0.3 is 9.84 Å². The van der Waals surface area contributed by atoms with E-state index < -0.39 is 32.4 Å². The summed E-state index contributed by atoms with van der Waals surface area (Å²) in [6.45, 7) is 1.73. The average molecular weight is 395 g/mol. The number of carboxylic acids is 1. The number of benzene rings is 2. The number of ether oxygens (including phenoxy) is 1. The standard InChI is InChI=1S/C19H19ClO5S/c1-12-3-5-13(6-4-12)16-17(19(16,11-25-2)18(21)22)26(23,24)15-9-7-14(20)8-10-15/h3-10,16-17H,11H2,1-2H3,(H,21,22). The third-order valence-corrected chi connectivity index (χ3v) is 7.49. The van der Waals surface area contributed by atoms with Gasteiger partial charge in [-0.15, -0.1) is 0 Å². The molecular formula is C19H19ClO5S. The maximum Gasteiger partial charge on any atom is 0.314 e. The highest BCUT2D eigenvalue weighted by Crippen LogP contribution is 2.64. The van der Waals surface area contributed by atoms with Gasteiger partial charge in [0, 0.05) is 18.1 Å². The molecule has 3 unspecified atom stereocenters. The average Bonchev–Trinajstić information content (AvgIpc) is 3.27. The van der Waals surface area contributed by atoms with E-state index in [2.05, 4.69) is 0 Å². The van der Waals surface area contributed by atoms with Crippen LogP contribution in [0.2, 0.25) is 5.02 Å². The topological polar surface area (TPSA) is 80.7 Å². The van der Waals surface area contributed by atoms with Crippen molar-refractivity contribution < 1.29 is 23.1 Å². The molecule has 1 saturated carbocycles. The Kier molecular flexibility index (Phi) is 4.86. The highest BCUT2D eigenvalue weighted by Gasteiger charge is 2.76. The van der Waals surface area contributed by atoms with Gasteiger partial charge in [0.2, 0.25) is 0 Å². The molecule has 1 aliphatic rings. The van der Waals surface area contributed by atoms with E-state index in [1.54, 1.807) is 12.1 Å². The predicted octanol–water partition coefficient (Wildman–Crippen LogP) is 3.31. The number of aryl methyl sites for hydroxylation is 1. The minimum atomic E-state index is -3.88. The highest BCUT2D eigenvalue weighted by molar-refractivity contribution is 7.92. The first-order chi connectivity index (χ1) is 12.2. The van der Waals surface area contributed by atoms with Gasteiger partial charge in [0.15, 0.2) is 9.84 Å². The zero-order valence-corrected chi connectivity index (χ0v) is 15.9. The summed E-state index contributed by atoms with van der Waals surface area (Å²) in [6.07, 6.45) is 0. The maximum absolute atomic E-state index is 13.2. The summed E-state index contributed by atoms with van der Waals surface area (Å²) in [7, 11) is -2.51. The Bertz CT molecular complexity index is 921. The Labute approximate surface area is 157 Å². The summed E-state index contributed by atoms with van der Waals surface area (Å²) in [5.74, 6) is -1.85. The largest absolute Gasteiger partial charge is 0.481 e. The molecule has 2 aromatic carbocycles. The van der Waals surface area contributed by atoms with Crippen LogP contribution in [0.15, 0.2) is 53.4 Å². The zero-order chi connectivity index (χ0) is 19.1. The van der Waals surface area contributed by atoms with Crippen molar-refractivity contribution in [3.05, 3.63) is 64.7 Å². The third kappa shape index (κ3) is 2.92. The van der Waals surface area contributed by atoms with Crippen LogP contribution >= 0.6 is 11.6 Å². The van der Waals surface area contributed by atoms with E-state index in [1.807, 2.05) is 19.1 Å². The molecule has 1 fully saturated rings. The lowest BCUT2D eigenvalue weighted by molar-refractivity contribution is -0.145. The Morgan fingerprint density at radius 2 is 1.73 bits per heavy atom. The molecule has 7 heteroatoms. The van der Waals surface area contributed by atoms with E-state index in [0.29, 0.717) is 10.6 Å². The monoisotopic (exact) mass is 394 g/mol. The molecule has 2 aromatic rings. The van der Waals surface area contributed by atoms with Crippen LogP contribution in [0.4, 0.5) is 0 Å². The van der Waals surface area contributed by atoms with Crippen molar-refractivity contribution in [1.29, 1.82) is 0 Å². The number of rotatable bonds is 6. The minimum absolute atomic E-state index is 0.0586. The Hall–Kier alpha value is -1.89. The van der Waals surface area contributed by atoms with Gasteiger partial charge >= 0.3 is 5.97 Å². The second kappa shape index (κ2) is 6.68. The normalized spacial score (nSPS) is 25.0. The van der Waals surface area contributed by atoms with Crippen molar-refractivity contribution in [3.8, 4) is 0 Å². The SMILES string of the molecule is COCC1(C(=O)O)C(c2ccc(C)cc2)C1S(=O)(=O)c1ccc(Cl)cc1. The van der Waals surface area contributed by atoms with Gasteiger partial charge in [-0.05, 0) is 36.8 Å². The molecule has 0 radical (unpaired) electrons. The summed E-state index contributed by atoms with van der Waals surface area (Å²) in [5, 5.41) is 9.19. The molecule has 138 valence electrons. The van der Waals surface area contributed by atoms with E-state index in [9.17, 15) is 18.3 Å². The minimum Gasteiger partial charge on any atom is -0.481 e. The van der Waals surface area contributed by atoms with Crippen molar-refractivity contribution in [1.82, 2.24) is 0 Å². The van der Waals surface area contributed by atoms with Crippen molar-refractivity contribution in [3.63, 3.8) is 0 Å². The number of methoxy groups -OCH3 is 1. The van der Waals surface area contributed by atoms with E-state index in [-0.39, 0.29) is 11.5 Å². The molecule has 0 spiro atoms. The van der Waals surface area contributed by atoms with Crippen LogP contribution in [0.5, 0.6) is 0 Å². The van der Waals surface area contributed by atoms with Gasteiger partial charge in [0.1, 0.15) is 5.41 Å². The molecule has 26 heavy (non-hydrogen) atoms. The number of carboxylic acid groups (broad SMARTS) is 1. The molecule has 1 N–H and O–H groups in total. The van der Waals surface area contributed by atoms with E-state index >= 15 is 0 Å². The van der Waals surface area contributed by atoms with Crippen LogP contribution < -0.4 is 0 Å². The summed E-state index contributed by atoms with van der Waals surface area (Å²) in [5.41, 5.74) is 0.180. The predicted molar refractivity (Wildman–Crippen MR) is 98.3 cm³/mol. The highest BCUT2D eigenvalue weighted by atomic mass is 35.5. The quantitative estimate of drug-likeness (QED) is 0.812. The molecule has 0 aromatic heterocycles. The number of hydrogen-bond donors (Lipinski definition) is 1. The Balaban J connectivity index is 2.11. The molecule has 3 atom stereocenters. The van der Waals surface area contributed by atoms with Gasteiger partial charge in [-0.3, -0.25) is 4.79 Å². The number of aliphatic carboxylic acids is 1. The second-order valence-corrected chi connectivity index (χ2v) is 9.09. The molecular weight excluding hydrogens is 376 g/mol. The Morgan fingerprint density at radius 3 is 2.23 bits per heavy atom. The zero-order valence-electron chi connectivity index (χ0n) is 14.3. The summed E-state index contributed by atoms with van der Waals surface area (Å²) >= 11 is 5.84. The summed E-state index contributed by atoms with van der Waals surface area (Å²) < 4.78 is 31.5. The molecule has 5 nitrogen and oxygen atoms in total.